The molecule has 138 valence electrons. The molecule has 2 aliphatic rings. The molecule has 0 radical (unpaired) electrons. The standard InChI is InChI=1S/C20H26ClIO3/c1-12(2)7-16(20(23)25-11-14-5-6-14)15-8-17(21)19(22)18(9-15)24-10-13-3-4-13/h8-9,12-14,16H,3-7,10-11H2,1-2H3. The minimum absolute atomic E-state index is 0.133. The first kappa shape index (κ1) is 19.3. The van der Waals surface area contributed by atoms with E-state index in [1.54, 1.807) is 0 Å². The van der Waals surface area contributed by atoms with E-state index in [2.05, 4.69) is 36.4 Å². The summed E-state index contributed by atoms with van der Waals surface area (Å²) in [5.41, 5.74) is 0.908. The molecule has 0 bridgehead atoms. The molecule has 0 amide bonds. The lowest BCUT2D eigenvalue weighted by atomic mass is 9.90. The van der Waals surface area contributed by atoms with E-state index in [0.717, 1.165) is 27.9 Å². The van der Waals surface area contributed by atoms with Gasteiger partial charge in [-0.05, 0) is 90.1 Å². The molecule has 0 aliphatic heterocycles. The van der Waals surface area contributed by atoms with Crippen molar-refractivity contribution in [1.82, 2.24) is 0 Å². The molecule has 0 spiro atoms. The second-order valence-electron chi connectivity index (χ2n) is 7.82. The second kappa shape index (κ2) is 8.47. The van der Waals surface area contributed by atoms with E-state index in [9.17, 15) is 4.79 Å². The molecule has 2 aliphatic carbocycles. The van der Waals surface area contributed by atoms with Gasteiger partial charge in [-0.2, -0.15) is 0 Å². The number of halogens is 2. The molecule has 2 saturated carbocycles. The molecular weight excluding hydrogens is 451 g/mol. The van der Waals surface area contributed by atoms with Crippen molar-refractivity contribution >= 4 is 40.2 Å². The summed E-state index contributed by atoms with van der Waals surface area (Å²) >= 11 is 8.65. The van der Waals surface area contributed by atoms with Crippen LogP contribution in [0.15, 0.2) is 12.1 Å². The van der Waals surface area contributed by atoms with Gasteiger partial charge in [-0.1, -0.05) is 25.4 Å². The molecule has 1 aromatic rings. The van der Waals surface area contributed by atoms with Crippen molar-refractivity contribution in [3.63, 3.8) is 0 Å². The van der Waals surface area contributed by atoms with Gasteiger partial charge in [0.05, 0.1) is 27.7 Å². The van der Waals surface area contributed by atoms with E-state index in [1.807, 2.05) is 12.1 Å². The van der Waals surface area contributed by atoms with E-state index in [4.69, 9.17) is 21.1 Å². The number of ether oxygens (including phenoxy) is 2. The quantitative estimate of drug-likeness (QED) is 0.333. The van der Waals surface area contributed by atoms with Gasteiger partial charge >= 0.3 is 5.97 Å². The minimum atomic E-state index is -0.281. The molecule has 0 N–H and O–H groups in total. The number of carbonyl (C=O) groups is 1. The Kier molecular flexibility index (Phi) is 6.53. The van der Waals surface area contributed by atoms with Gasteiger partial charge in [-0.15, -0.1) is 0 Å². The summed E-state index contributed by atoms with van der Waals surface area (Å²) in [5.74, 6) is 2.02. The van der Waals surface area contributed by atoms with Crippen molar-refractivity contribution in [2.75, 3.05) is 13.2 Å². The normalized spacial score (nSPS) is 18.3. The molecule has 1 aromatic carbocycles. The Bertz CT molecular complexity index is 624. The Morgan fingerprint density at radius 2 is 1.84 bits per heavy atom. The lowest BCUT2D eigenvalue weighted by molar-refractivity contribution is -0.146. The maximum absolute atomic E-state index is 12.7. The van der Waals surface area contributed by atoms with Crippen molar-refractivity contribution in [3.05, 3.63) is 26.3 Å². The van der Waals surface area contributed by atoms with E-state index in [0.29, 0.717) is 29.4 Å². The SMILES string of the molecule is CC(C)CC(C(=O)OCC1CC1)c1cc(Cl)c(I)c(OCC2CC2)c1. The molecule has 1 atom stereocenters. The summed E-state index contributed by atoms with van der Waals surface area (Å²) in [6, 6.07) is 3.89. The summed E-state index contributed by atoms with van der Waals surface area (Å²) in [6.45, 7) is 5.54. The number of hydrogen-bond donors (Lipinski definition) is 0. The average molecular weight is 477 g/mol. The predicted molar refractivity (Wildman–Crippen MR) is 108 cm³/mol. The largest absolute Gasteiger partial charge is 0.492 e. The van der Waals surface area contributed by atoms with Gasteiger partial charge in [0.2, 0.25) is 0 Å². The van der Waals surface area contributed by atoms with Crippen molar-refractivity contribution in [2.45, 2.75) is 51.9 Å². The van der Waals surface area contributed by atoms with Gasteiger partial charge < -0.3 is 9.47 Å². The van der Waals surface area contributed by atoms with Crippen LogP contribution in [0.3, 0.4) is 0 Å². The zero-order chi connectivity index (χ0) is 18.0. The van der Waals surface area contributed by atoms with Crippen molar-refractivity contribution in [2.24, 2.45) is 17.8 Å². The fourth-order valence-electron chi connectivity index (χ4n) is 2.81. The van der Waals surface area contributed by atoms with Gasteiger partial charge in [0, 0.05) is 0 Å². The Morgan fingerprint density at radius 3 is 2.44 bits per heavy atom. The van der Waals surface area contributed by atoms with E-state index in [-0.39, 0.29) is 11.9 Å². The number of carbonyl (C=O) groups excluding carboxylic acids is 1. The zero-order valence-electron chi connectivity index (χ0n) is 14.9. The van der Waals surface area contributed by atoms with Crippen LogP contribution in [-0.2, 0) is 9.53 Å². The molecule has 3 rings (SSSR count). The maximum Gasteiger partial charge on any atom is 0.313 e. The minimum Gasteiger partial charge on any atom is -0.492 e. The maximum atomic E-state index is 12.7. The number of esters is 1. The van der Waals surface area contributed by atoms with Gasteiger partial charge in [0.25, 0.3) is 0 Å². The van der Waals surface area contributed by atoms with Crippen molar-refractivity contribution < 1.29 is 14.3 Å². The van der Waals surface area contributed by atoms with Crippen LogP contribution in [0.2, 0.25) is 5.02 Å². The number of benzene rings is 1. The first-order valence-corrected chi connectivity index (χ1v) is 10.7. The molecule has 1 unspecified atom stereocenters. The van der Waals surface area contributed by atoms with Crippen LogP contribution in [-0.4, -0.2) is 19.2 Å². The Hall–Kier alpha value is -0.490. The molecule has 3 nitrogen and oxygen atoms in total. The van der Waals surface area contributed by atoms with Crippen LogP contribution in [0.1, 0.15) is 57.4 Å². The van der Waals surface area contributed by atoms with Crippen molar-refractivity contribution in [1.29, 1.82) is 0 Å². The van der Waals surface area contributed by atoms with Gasteiger partial charge in [-0.3, -0.25) is 4.79 Å². The lowest BCUT2D eigenvalue weighted by Crippen LogP contribution is -2.19. The third kappa shape index (κ3) is 5.75. The summed E-state index contributed by atoms with van der Waals surface area (Å²) in [5, 5.41) is 0.646. The summed E-state index contributed by atoms with van der Waals surface area (Å²) in [7, 11) is 0. The van der Waals surface area contributed by atoms with Gasteiger partial charge in [-0.25, -0.2) is 0 Å². The highest BCUT2D eigenvalue weighted by Crippen LogP contribution is 2.37. The molecule has 0 aromatic heterocycles. The average Bonchev–Trinajstić information content (AvgIpc) is 3.45. The zero-order valence-corrected chi connectivity index (χ0v) is 17.8. The third-order valence-electron chi connectivity index (χ3n) is 4.74. The molecular formula is C20H26ClIO3. The highest BCUT2D eigenvalue weighted by atomic mass is 127. The molecule has 0 saturated heterocycles. The van der Waals surface area contributed by atoms with Crippen LogP contribution >= 0.6 is 34.2 Å². The van der Waals surface area contributed by atoms with E-state index < -0.39 is 0 Å². The summed E-state index contributed by atoms with van der Waals surface area (Å²) < 4.78 is 12.5. The number of hydrogen-bond acceptors (Lipinski definition) is 3. The lowest BCUT2D eigenvalue weighted by Gasteiger charge is -2.20. The van der Waals surface area contributed by atoms with E-state index in [1.165, 1.54) is 25.7 Å². The third-order valence-corrected chi connectivity index (χ3v) is 6.47. The van der Waals surface area contributed by atoms with Crippen LogP contribution in [0.5, 0.6) is 5.75 Å². The fraction of sp³-hybridized carbons (Fsp3) is 0.650. The van der Waals surface area contributed by atoms with Gasteiger partial charge in [0.1, 0.15) is 5.75 Å². The molecule has 25 heavy (non-hydrogen) atoms. The van der Waals surface area contributed by atoms with Gasteiger partial charge in [0.15, 0.2) is 0 Å². The first-order valence-electron chi connectivity index (χ1n) is 9.22. The smallest absolute Gasteiger partial charge is 0.313 e. The Labute approximate surface area is 168 Å². The topological polar surface area (TPSA) is 35.5 Å². The Balaban J connectivity index is 1.78. The highest BCUT2D eigenvalue weighted by Gasteiger charge is 2.29. The highest BCUT2D eigenvalue weighted by molar-refractivity contribution is 14.1. The molecule has 0 heterocycles. The van der Waals surface area contributed by atoms with Crippen LogP contribution < -0.4 is 4.74 Å². The monoisotopic (exact) mass is 476 g/mol. The Morgan fingerprint density at radius 1 is 1.20 bits per heavy atom. The summed E-state index contributed by atoms with van der Waals surface area (Å²) in [4.78, 5) is 12.7. The predicted octanol–water partition coefficient (Wildman–Crippen LogP) is 5.82. The van der Waals surface area contributed by atoms with Crippen LogP contribution in [0.25, 0.3) is 0 Å². The summed E-state index contributed by atoms with van der Waals surface area (Å²) in [6.07, 6.45) is 5.59. The second-order valence-corrected chi connectivity index (χ2v) is 9.31. The first-order chi connectivity index (χ1) is 11.9. The van der Waals surface area contributed by atoms with Crippen LogP contribution in [0, 0.1) is 21.3 Å². The molecule has 2 fully saturated rings. The number of rotatable bonds is 9. The molecule has 5 heteroatoms. The van der Waals surface area contributed by atoms with Crippen molar-refractivity contribution in [3.8, 4) is 5.75 Å². The fourth-order valence-corrected chi connectivity index (χ4v) is 3.49. The van der Waals surface area contributed by atoms with E-state index >= 15 is 0 Å². The van der Waals surface area contributed by atoms with Crippen LogP contribution in [0.4, 0.5) is 0 Å².